The Hall–Kier alpha value is -3.78. The molecule has 0 atom stereocenters. The van der Waals surface area contributed by atoms with Gasteiger partial charge in [-0.25, -0.2) is 4.98 Å². The van der Waals surface area contributed by atoms with Crippen LogP contribution in [-0.4, -0.2) is 16.0 Å². The minimum absolute atomic E-state index is 0.160. The lowest BCUT2D eigenvalue weighted by molar-refractivity contribution is -0.115. The molecule has 2 heterocycles. The van der Waals surface area contributed by atoms with Crippen molar-refractivity contribution in [2.24, 2.45) is 0 Å². The molecule has 0 saturated heterocycles. The molecule has 5 nitrogen and oxygen atoms in total. The van der Waals surface area contributed by atoms with E-state index in [1.165, 1.54) is 6.08 Å². The third kappa shape index (κ3) is 5.49. The molecule has 0 fully saturated rings. The summed E-state index contributed by atoms with van der Waals surface area (Å²) in [4.78, 5) is 16.9. The van der Waals surface area contributed by atoms with Crippen LogP contribution in [0.4, 0.5) is 5.69 Å². The molecule has 5 rings (SSSR count). The van der Waals surface area contributed by atoms with Crippen LogP contribution < -0.4 is 10.6 Å². The number of rotatable bonds is 5. The van der Waals surface area contributed by atoms with E-state index < -0.39 is 0 Å². The molecular weight excluding hydrogens is 498 g/mol. The van der Waals surface area contributed by atoms with Crippen molar-refractivity contribution in [3.05, 3.63) is 102 Å². The normalized spacial score (nSPS) is 11.1. The minimum atomic E-state index is -0.377. The summed E-state index contributed by atoms with van der Waals surface area (Å²) in [6.45, 7) is 0. The Labute approximate surface area is 216 Å². The first-order chi connectivity index (χ1) is 17.0. The van der Waals surface area contributed by atoms with Crippen molar-refractivity contribution in [2.75, 3.05) is 5.32 Å². The first kappa shape index (κ1) is 23.0. The van der Waals surface area contributed by atoms with Gasteiger partial charge in [0.05, 0.1) is 15.2 Å². The van der Waals surface area contributed by atoms with Crippen LogP contribution in [0.25, 0.3) is 38.2 Å². The number of hydrogen-bond donors (Lipinski definition) is 2. The summed E-state index contributed by atoms with van der Waals surface area (Å²) in [6.07, 6.45) is 2.96. The van der Waals surface area contributed by atoms with Gasteiger partial charge in [0.15, 0.2) is 5.11 Å². The lowest BCUT2D eigenvalue weighted by atomic mass is 10.2. The van der Waals surface area contributed by atoms with Crippen molar-refractivity contribution < 1.29 is 9.21 Å². The van der Waals surface area contributed by atoms with Crippen molar-refractivity contribution in [2.45, 2.75) is 0 Å². The molecule has 0 spiro atoms. The Morgan fingerprint density at radius 2 is 1.80 bits per heavy atom. The van der Waals surface area contributed by atoms with E-state index in [2.05, 4.69) is 15.6 Å². The van der Waals surface area contributed by atoms with Gasteiger partial charge < -0.3 is 9.73 Å². The maximum Gasteiger partial charge on any atom is 0.250 e. The molecule has 0 bridgehead atoms. The summed E-state index contributed by atoms with van der Waals surface area (Å²) >= 11 is 13.4. The van der Waals surface area contributed by atoms with E-state index in [9.17, 15) is 4.79 Å². The lowest BCUT2D eigenvalue weighted by Crippen LogP contribution is -2.32. The predicted octanol–water partition coefficient (Wildman–Crippen LogP) is 7.40. The van der Waals surface area contributed by atoms with Gasteiger partial charge in [-0.15, -0.1) is 11.3 Å². The van der Waals surface area contributed by atoms with Crippen molar-refractivity contribution in [1.82, 2.24) is 10.3 Å². The van der Waals surface area contributed by atoms with Crippen LogP contribution in [0.1, 0.15) is 5.76 Å². The number of carbonyl (C=O) groups excluding carboxylic acids is 1. The standard InChI is InChI=1S/C27H18ClN3O2S2/c28-21-16-18(10-13-20(21)26-30-22-8-4-5-9-24(22)35-26)29-27(34)31-25(32)15-12-19-11-14-23(33-19)17-6-2-1-3-7-17/h1-16H,(H2,29,31,32,34)/b15-12+. The van der Waals surface area contributed by atoms with Gasteiger partial charge in [-0.05, 0) is 60.8 Å². The predicted molar refractivity (Wildman–Crippen MR) is 148 cm³/mol. The molecule has 0 radical (unpaired) electrons. The molecule has 2 aromatic heterocycles. The number of thiazole rings is 1. The molecule has 172 valence electrons. The van der Waals surface area contributed by atoms with E-state index in [1.54, 1.807) is 29.5 Å². The highest BCUT2D eigenvalue weighted by Crippen LogP contribution is 2.35. The van der Waals surface area contributed by atoms with Gasteiger partial charge in [0.25, 0.3) is 0 Å². The smallest absolute Gasteiger partial charge is 0.250 e. The highest BCUT2D eigenvalue weighted by Gasteiger charge is 2.11. The number of fused-ring (bicyclic) bond motifs is 1. The number of anilines is 1. The van der Waals surface area contributed by atoms with Gasteiger partial charge >= 0.3 is 0 Å². The van der Waals surface area contributed by atoms with Crippen LogP contribution in [0.3, 0.4) is 0 Å². The number of halogens is 1. The van der Waals surface area contributed by atoms with Crippen LogP contribution >= 0.6 is 35.2 Å². The Morgan fingerprint density at radius 1 is 1.00 bits per heavy atom. The summed E-state index contributed by atoms with van der Waals surface area (Å²) in [7, 11) is 0. The third-order valence-corrected chi connectivity index (χ3v) is 6.66. The first-order valence-electron chi connectivity index (χ1n) is 10.7. The third-order valence-electron chi connectivity index (χ3n) is 5.07. The molecule has 0 aliphatic rings. The van der Waals surface area contributed by atoms with Gasteiger partial charge in [-0.2, -0.15) is 0 Å². The van der Waals surface area contributed by atoms with Gasteiger partial charge in [-0.1, -0.05) is 54.1 Å². The molecule has 0 aliphatic heterocycles. The molecule has 5 aromatic rings. The number of nitrogens with one attached hydrogen (secondary N) is 2. The molecule has 0 aliphatic carbocycles. The highest BCUT2D eigenvalue weighted by molar-refractivity contribution is 7.80. The summed E-state index contributed by atoms with van der Waals surface area (Å²) < 4.78 is 6.87. The van der Waals surface area contributed by atoms with Gasteiger partial charge in [0, 0.05) is 22.9 Å². The van der Waals surface area contributed by atoms with Gasteiger partial charge in [0.1, 0.15) is 16.5 Å². The van der Waals surface area contributed by atoms with Gasteiger partial charge in [-0.3, -0.25) is 10.1 Å². The van der Waals surface area contributed by atoms with E-state index in [-0.39, 0.29) is 11.0 Å². The number of thiocarbonyl (C=S) groups is 1. The molecule has 8 heteroatoms. The average Bonchev–Trinajstić information content (AvgIpc) is 3.50. The number of para-hydroxylation sites is 1. The molecular formula is C27H18ClN3O2S2. The second kappa shape index (κ2) is 10.2. The second-order valence-electron chi connectivity index (χ2n) is 7.53. The molecule has 1 amide bonds. The van der Waals surface area contributed by atoms with E-state index in [4.69, 9.17) is 28.2 Å². The zero-order chi connectivity index (χ0) is 24.2. The van der Waals surface area contributed by atoms with Gasteiger partial charge in [0.2, 0.25) is 5.91 Å². The Morgan fingerprint density at radius 3 is 2.60 bits per heavy atom. The number of nitrogens with zero attached hydrogens (tertiary/aromatic N) is 1. The fourth-order valence-electron chi connectivity index (χ4n) is 3.43. The van der Waals surface area contributed by atoms with Crippen molar-refractivity contribution in [3.63, 3.8) is 0 Å². The molecule has 0 saturated carbocycles. The summed E-state index contributed by atoms with van der Waals surface area (Å²) in [5.41, 5.74) is 3.40. The Bertz CT molecular complexity index is 1520. The van der Waals surface area contributed by atoms with Crippen LogP contribution in [-0.2, 0) is 4.79 Å². The quantitative estimate of drug-likeness (QED) is 0.188. The monoisotopic (exact) mass is 515 g/mol. The zero-order valence-electron chi connectivity index (χ0n) is 18.2. The number of amides is 1. The van der Waals surface area contributed by atoms with E-state index >= 15 is 0 Å². The molecule has 35 heavy (non-hydrogen) atoms. The fourth-order valence-corrected chi connectivity index (χ4v) is 4.98. The number of benzene rings is 3. The molecule has 2 N–H and O–H groups in total. The zero-order valence-corrected chi connectivity index (χ0v) is 20.6. The molecule has 0 unspecified atom stereocenters. The van der Waals surface area contributed by atoms with E-state index in [0.717, 1.165) is 32.1 Å². The summed E-state index contributed by atoms with van der Waals surface area (Å²) in [5.74, 6) is 0.918. The van der Waals surface area contributed by atoms with Crippen LogP contribution in [0.15, 0.2) is 95.4 Å². The van der Waals surface area contributed by atoms with E-state index in [1.807, 2.05) is 72.8 Å². The van der Waals surface area contributed by atoms with Crippen LogP contribution in [0.2, 0.25) is 5.02 Å². The number of aromatic nitrogens is 1. The number of hydrogen-bond acceptors (Lipinski definition) is 5. The maximum absolute atomic E-state index is 12.3. The SMILES string of the molecule is O=C(/C=C/c1ccc(-c2ccccc2)o1)NC(=S)Nc1ccc(-c2nc3ccccc3s2)c(Cl)c1. The molecule has 3 aromatic carbocycles. The Kier molecular flexibility index (Phi) is 6.72. The van der Waals surface area contributed by atoms with E-state index in [0.29, 0.717) is 16.5 Å². The number of furan rings is 1. The van der Waals surface area contributed by atoms with Crippen LogP contribution in [0, 0.1) is 0 Å². The average molecular weight is 516 g/mol. The fraction of sp³-hybridized carbons (Fsp3) is 0. The van der Waals surface area contributed by atoms with Crippen molar-refractivity contribution in [3.8, 4) is 21.9 Å². The van der Waals surface area contributed by atoms with Crippen molar-refractivity contribution >= 4 is 68.2 Å². The summed E-state index contributed by atoms with van der Waals surface area (Å²) in [5, 5.41) is 7.15. The maximum atomic E-state index is 12.3. The highest BCUT2D eigenvalue weighted by atomic mass is 35.5. The summed E-state index contributed by atoms with van der Waals surface area (Å²) in [6, 6.07) is 26.8. The lowest BCUT2D eigenvalue weighted by Gasteiger charge is -2.09. The first-order valence-corrected chi connectivity index (χ1v) is 12.3. The Balaban J connectivity index is 1.19. The largest absolute Gasteiger partial charge is 0.457 e. The van der Waals surface area contributed by atoms with Crippen LogP contribution in [0.5, 0.6) is 0 Å². The van der Waals surface area contributed by atoms with Crippen molar-refractivity contribution in [1.29, 1.82) is 0 Å². The number of carbonyl (C=O) groups is 1. The second-order valence-corrected chi connectivity index (χ2v) is 9.37. The topological polar surface area (TPSA) is 67.2 Å². The minimum Gasteiger partial charge on any atom is -0.457 e.